The van der Waals surface area contributed by atoms with Gasteiger partial charge in [0.05, 0.1) is 5.52 Å². The van der Waals surface area contributed by atoms with Crippen LogP contribution in [-0.2, 0) is 4.74 Å². The normalized spacial score (nSPS) is 32.5. The fraction of sp³-hybridized carbons (Fsp3) is 0.500. The van der Waals surface area contributed by atoms with Gasteiger partial charge in [-0.25, -0.2) is 4.98 Å². The Hall–Kier alpha value is -2.14. The Morgan fingerprint density at radius 3 is 2.75 bits per heavy atom. The molecule has 28 heavy (non-hydrogen) atoms. The smallest absolute Gasteiger partial charge is 0.405 e. The molecule has 0 bridgehead atoms. The lowest BCUT2D eigenvalue weighted by Gasteiger charge is -2.25. The molecule has 4 N–H and O–H groups in total. The molecule has 2 aliphatic rings. The highest BCUT2D eigenvalue weighted by Gasteiger charge is 2.62. The molecule has 4 rings (SSSR count). The van der Waals surface area contributed by atoms with Crippen molar-refractivity contribution < 1.29 is 38.0 Å². The van der Waals surface area contributed by atoms with Gasteiger partial charge in [0, 0.05) is 11.5 Å². The van der Waals surface area contributed by atoms with Gasteiger partial charge in [0.2, 0.25) is 0 Å². The van der Waals surface area contributed by atoms with Crippen LogP contribution in [0.25, 0.3) is 10.9 Å². The summed E-state index contributed by atoms with van der Waals surface area (Å²) in [5.41, 5.74) is -1.14. The van der Waals surface area contributed by atoms with Crippen LogP contribution in [0.4, 0.5) is 19.0 Å². The van der Waals surface area contributed by atoms with E-state index in [0.717, 1.165) is 5.39 Å². The zero-order chi connectivity index (χ0) is 20.1. The second-order valence-electron chi connectivity index (χ2n) is 7.10. The van der Waals surface area contributed by atoms with Gasteiger partial charge in [-0.15, -0.1) is 0 Å². The number of hydrogen-bond donors (Lipinski definition) is 4. The predicted molar refractivity (Wildman–Crippen MR) is 91.8 cm³/mol. The first-order chi connectivity index (χ1) is 13.2. The van der Waals surface area contributed by atoms with Crippen molar-refractivity contribution in [2.75, 3.05) is 11.9 Å². The van der Waals surface area contributed by atoms with Crippen molar-refractivity contribution >= 4 is 16.7 Å². The highest BCUT2D eigenvalue weighted by atomic mass is 19.4. The molecule has 1 unspecified atom stereocenters. The summed E-state index contributed by atoms with van der Waals surface area (Å²) in [4.78, 5) is 4.17. The Morgan fingerprint density at radius 1 is 1.25 bits per heavy atom. The first-order valence-electron chi connectivity index (χ1n) is 8.78. The number of fused-ring (bicyclic) bond motifs is 2. The lowest BCUT2D eigenvalue weighted by molar-refractivity contribution is -0.142. The van der Waals surface area contributed by atoms with E-state index in [4.69, 9.17) is 9.47 Å². The van der Waals surface area contributed by atoms with Crippen LogP contribution in [0.1, 0.15) is 12.8 Å². The Kier molecular flexibility index (Phi) is 4.61. The predicted octanol–water partition coefficient (Wildman–Crippen LogP) is 1.56. The number of nitrogens with one attached hydrogen (secondary N) is 1. The molecular weight excluding hydrogens is 381 g/mol. The van der Waals surface area contributed by atoms with Gasteiger partial charge in [-0.05, 0) is 37.1 Å². The van der Waals surface area contributed by atoms with Crippen molar-refractivity contribution in [1.29, 1.82) is 0 Å². The van der Waals surface area contributed by atoms with E-state index in [2.05, 4.69) is 10.3 Å². The van der Waals surface area contributed by atoms with Crippen molar-refractivity contribution in [2.45, 2.75) is 49.2 Å². The molecule has 1 aromatic carbocycles. The number of aromatic nitrogens is 1. The quantitative estimate of drug-likeness (QED) is 0.618. The van der Waals surface area contributed by atoms with E-state index < -0.39 is 42.9 Å². The van der Waals surface area contributed by atoms with Crippen LogP contribution in [0.5, 0.6) is 5.75 Å². The third-order valence-electron chi connectivity index (χ3n) is 5.15. The fourth-order valence-electron chi connectivity index (χ4n) is 3.74. The number of hydrogen-bond acceptors (Lipinski definition) is 7. The molecule has 1 aromatic heterocycles. The van der Waals surface area contributed by atoms with Crippen molar-refractivity contribution in [3.8, 4) is 5.75 Å². The number of benzene rings is 1. The Balaban J connectivity index is 1.51. The van der Waals surface area contributed by atoms with E-state index in [1.165, 1.54) is 6.07 Å². The average molecular weight is 400 g/mol. The van der Waals surface area contributed by atoms with Crippen molar-refractivity contribution in [2.24, 2.45) is 0 Å². The van der Waals surface area contributed by atoms with Gasteiger partial charge < -0.3 is 30.1 Å². The summed E-state index contributed by atoms with van der Waals surface area (Å²) >= 11 is 0. The van der Waals surface area contributed by atoms with E-state index in [1.807, 2.05) is 0 Å². The second-order valence-corrected chi connectivity index (χ2v) is 7.10. The van der Waals surface area contributed by atoms with Crippen LogP contribution < -0.4 is 10.1 Å². The molecule has 1 aliphatic heterocycles. The van der Waals surface area contributed by atoms with E-state index >= 15 is 0 Å². The monoisotopic (exact) mass is 400 g/mol. The minimum absolute atomic E-state index is 0.0857. The minimum atomic E-state index is -4.35. The second kappa shape index (κ2) is 6.73. The van der Waals surface area contributed by atoms with Gasteiger partial charge in [0.25, 0.3) is 0 Å². The van der Waals surface area contributed by atoms with Crippen molar-refractivity contribution in [1.82, 2.24) is 4.98 Å². The molecule has 10 heteroatoms. The fourth-order valence-corrected chi connectivity index (χ4v) is 3.74. The maximum Gasteiger partial charge on any atom is 0.405 e. The molecule has 1 aliphatic carbocycles. The summed E-state index contributed by atoms with van der Waals surface area (Å²) in [5.74, 6) is 0.476. The van der Waals surface area contributed by atoms with Crippen molar-refractivity contribution in [3.05, 3.63) is 30.3 Å². The summed E-state index contributed by atoms with van der Waals surface area (Å²) in [6.45, 7) is -1.19. The molecule has 2 aromatic rings. The lowest BCUT2D eigenvalue weighted by Crippen LogP contribution is -2.47. The van der Waals surface area contributed by atoms with Crippen molar-refractivity contribution in [3.63, 3.8) is 0 Å². The average Bonchev–Trinajstić information content (AvgIpc) is 3.06. The molecule has 7 nitrogen and oxygen atoms in total. The number of rotatable bonds is 4. The Labute approximate surface area is 157 Å². The Morgan fingerprint density at radius 2 is 2.00 bits per heavy atom. The number of halogens is 3. The molecule has 0 spiro atoms. The molecule has 5 atom stereocenters. The molecule has 1 saturated heterocycles. The topological polar surface area (TPSA) is 104 Å². The first-order valence-corrected chi connectivity index (χ1v) is 8.78. The van der Waals surface area contributed by atoms with Gasteiger partial charge in [-0.1, -0.05) is 0 Å². The standard InChI is InChI=1S/C18H19F3N2O5/c19-18(20,21)8-22-13-4-2-9-1-3-10(7-11(9)23-13)27-12-5-6-17(26)14(24)16(25)28-15(12)17/h1-4,7,12,14-16,24-26H,5-6,8H2,(H,22,23)/t12-,14-,15+,16?,17-/m0/s1. The molecule has 2 fully saturated rings. The zero-order valence-corrected chi connectivity index (χ0v) is 14.6. The van der Waals surface area contributed by atoms with Crippen LogP contribution in [0.3, 0.4) is 0 Å². The molecule has 0 amide bonds. The first kappa shape index (κ1) is 19.2. The number of alkyl halides is 3. The molecular formula is C18H19F3N2O5. The maximum absolute atomic E-state index is 12.4. The molecule has 2 heterocycles. The summed E-state index contributed by atoms with van der Waals surface area (Å²) < 4.78 is 48.2. The summed E-state index contributed by atoms with van der Waals surface area (Å²) in [6.07, 6.45) is -8.12. The number of ether oxygens (including phenoxy) is 2. The van der Waals surface area contributed by atoms with Gasteiger partial charge in [0.15, 0.2) is 6.29 Å². The summed E-state index contributed by atoms with van der Waals surface area (Å²) in [5, 5.41) is 33.0. The number of aliphatic hydroxyl groups is 3. The summed E-state index contributed by atoms with van der Waals surface area (Å²) in [7, 11) is 0. The highest BCUT2D eigenvalue weighted by Crippen LogP contribution is 2.44. The minimum Gasteiger partial charge on any atom is -0.488 e. The molecule has 1 saturated carbocycles. The third-order valence-corrected chi connectivity index (χ3v) is 5.15. The van der Waals surface area contributed by atoms with Gasteiger partial charge >= 0.3 is 6.18 Å². The maximum atomic E-state index is 12.4. The lowest BCUT2D eigenvalue weighted by atomic mass is 9.95. The van der Waals surface area contributed by atoms with Crippen LogP contribution in [0, 0.1) is 0 Å². The number of nitrogens with zero attached hydrogens (tertiary/aromatic N) is 1. The van der Waals surface area contributed by atoms with Crippen LogP contribution >= 0.6 is 0 Å². The van der Waals surface area contributed by atoms with E-state index in [0.29, 0.717) is 17.7 Å². The van der Waals surface area contributed by atoms with E-state index in [9.17, 15) is 28.5 Å². The number of pyridine rings is 1. The van der Waals surface area contributed by atoms with Crippen LogP contribution in [0.2, 0.25) is 0 Å². The van der Waals surface area contributed by atoms with E-state index in [-0.39, 0.29) is 12.2 Å². The number of anilines is 1. The van der Waals surface area contributed by atoms with Crippen LogP contribution in [0.15, 0.2) is 30.3 Å². The molecule has 152 valence electrons. The third kappa shape index (κ3) is 3.48. The SMILES string of the molecule is OC1O[C@@H]2[C@@H](Oc3ccc4ccc(NCC(F)(F)F)nc4c3)CC[C@]2(O)[C@H]1O. The Bertz CT molecular complexity index is 880. The summed E-state index contributed by atoms with van der Waals surface area (Å²) in [6, 6.07) is 8.07. The van der Waals surface area contributed by atoms with Gasteiger partial charge in [-0.2, -0.15) is 13.2 Å². The van der Waals surface area contributed by atoms with Gasteiger partial charge in [0.1, 0.15) is 42.0 Å². The molecule has 0 radical (unpaired) electrons. The zero-order valence-electron chi connectivity index (χ0n) is 14.6. The van der Waals surface area contributed by atoms with Gasteiger partial charge in [-0.3, -0.25) is 0 Å². The van der Waals surface area contributed by atoms with E-state index in [1.54, 1.807) is 24.3 Å². The van der Waals surface area contributed by atoms with Crippen LogP contribution in [-0.4, -0.2) is 63.2 Å². The largest absolute Gasteiger partial charge is 0.488 e. The number of aliphatic hydroxyl groups excluding tert-OH is 2. The highest BCUT2D eigenvalue weighted by molar-refractivity contribution is 5.81.